The number of unbranched alkanes of at least 4 members (excludes halogenated alkanes) is 1. The summed E-state index contributed by atoms with van der Waals surface area (Å²) >= 11 is 0. The average Bonchev–Trinajstić information content (AvgIpc) is 2.42. The second kappa shape index (κ2) is 6.46. The molecule has 2 aromatic carbocycles. The van der Waals surface area contributed by atoms with E-state index in [-0.39, 0.29) is 17.7 Å². The molecule has 0 heterocycles. The molecule has 1 nitrogen and oxygen atoms in total. The molecule has 4 heteroatoms. The van der Waals surface area contributed by atoms with Crippen molar-refractivity contribution in [3.8, 4) is 16.9 Å². The van der Waals surface area contributed by atoms with Gasteiger partial charge in [0.25, 0.3) is 0 Å². The summed E-state index contributed by atoms with van der Waals surface area (Å²) in [5.74, 6) is -2.57. The van der Waals surface area contributed by atoms with Crippen LogP contribution >= 0.6 is 0 Å². The summed E-state index contributed by atoms with van der Waals surface area (Å²) in [6.45, 7) is 2.21. The maximum Gasteiger partial charge on any atom is 0.190 e. The number of benzene rings is 2. The van der Waals surface area contributed by atoms with E-state index in [0.717, 1.165) is 18.6 Å². The van der Waals surface area contributed by atoms with E-state index in [0.29, 0.717) is 6.42 Å². The van der Waals surface area contributed by atoms with Crippen molar-refractivity contribution in [3.05, 3.63) is 53.8 Å². The van der Waals surface area contributed by atoms with Gasteiger partial charge in [0.1, 0.15) is 5.82 Å². The van der Waals surface area contributed by atoms with Crippen LogP contribution < -0.4 is 4.74 Å². The Morgan fingerprint density at radius 1 is 0.950 bits per heavy atom. The molecule has 20 heavy (non-hydrogen) atoms. The largest absolute Gasteiger partial charge is 0.488 e. The fraction of sp³-hybridized carbons (Fsp3) is 0.250. The first kappa shape index (κ1) is 14.4. The van der Waals surface area contributed by atoms with Gasteiger partial charge in [0, 0.05) is 5.56 Å². The first-order valence-corrected chi connectivity index (χ1v) is 6.50. The maximum atomic E-state index is 13.9. The van der Waals surface area contributed by atoms with Gasteiger partial charge in [0.15, 0.2) is 17.4 Å². The molecule has 0 saturated heterocycles. The van der Waals surface area contributed by atoms with Gasteiger partial charge in [-0.3, -0.25) is 0 Å². The Morgan fingerprint density at radius 2 is 1.60 bits per heavy atom. The summed E-state index contributed by atoms with van der Waals surface area (Å²) in [5.41, 5.74) is 0.311. The minimum atomic E-state index is -0.820. The molecule has 106 valence electrons. The van der Waals surface area contributed by atoms with E-state index in [4.69, 9.17) is 4.74 Å². The molecule has 0 amide bonds. The lowest BCUT2D eigenvalue weighted by molar-refractivity contribution is 0.279. The van der Waals surface area contributed by atoms with Crippen LogP contribution in [0.5, 0.6) is 5.75 Å². The molecule has 2 aromatic rings. The third kappa shape index (κ3) is 3.13. The Morgan fingerprint density at radius 3 is 2.20 bits per heavy atom. The van der Waals surface area contributed by atoms with Gasteiger partial charge in [-0.05, 0) is 30.2 Å². The average molecular weight is 280 g/mol. The standard InChI is InChI=1S/C16H15F3O/c1-2-3-8-20-16-14(18)9-11(10-15(16)19)12-6-4-5-7-13(12)17/h4-7,9-10H,2-3,8H2,1H3. The third-order valence-corrected chi connectivity index (χ3v) is 2.93. The topological polar surface area (TPSA) is 9.23 Å². The molecule has 0 atom stereocenters. The van der Waals surface area contributed by atoms with Gasteiger partial charge in [-0.1, -0.05) is 31.5 Å². The molecule has 0 saturated carbocycles. The minimum absolute atomic E-state index is 0.154. The Labute approximate surface area is 116 Å². The Balaban J connectivity index is 2.33. The van der Waals surface area contributed by atoms with Gasteiger partial charge in [-0.15, -0.1) is 0 Å². The van der Waals surface area contributed by atoms with Crippen LogP contribution in [0.25, 0.3) is 11.1 Å². The first-order valence-electron chi connectivity index (χ1n) is 6.50. The van der Waals surface area contributed by atoms with Crippen molar-refractivity contribution in [2.24, 2.45) is 0 Å². The highest BCUT2D eigenvalue weighted by atomic mass is 19.1. The molecule has 2 rings (SSSR count). The maximum absolute atomic E-state index is 13.9. The van der Waals surface area contributed by atoms with E-state index in [1.807, 2.05) is 6.92 Å². The predicted octanol–water partition coefficient (Wildman–Crippen LogP) is 4.95. The van der Waals surface area contributed by atoms with Crippen LogP contribution in [0.2, 0.25) is 0 Å². The van der Waals surface area contributed by atoms with E-state index < -0.39 is 23.2 Å². The second-order valence-electron chi connectivity index (χ2n) is 4.45. The number of hydrogen-bond donors (Lipinski definition) is 0. The molecule has 0 fully saturated rings. The molecule has 0 aliphatic carbocycles. The zero-order valence-corrected chi connectivity index (χ0v) is 11.1. The van der Waals surface area contributed by atoms with Crippen LogP contribution in [0.3, 0.4) is 0 Å². The lowest BCUT2D eigenvalue weighted by atomic mass is 10.0. The summed E-state index contributed by atoms with van der Waals surface area (Å²) < 4.78 is 46.4. The number of hydrogen-bond acceptors (Lipinski definition) is 1. The smallest absolute Gasteiger partial charge is 0.190 e. The fourth-order valence-corrected chi connectivity index (χ4v) is 1.87. The summed E-state index contributed by atoms with van der Waals surface area (Å²) in [5, 5.41) is 0. The van der Waals surface area contributed by atoms with Gasteiger partial charge in [-0.2, -0.15) is 0 Å². The zero-order chi connectivity index (χ0) is 14.5. The monoisotopic (exact) mass is 280 g/mol. The lowest BCUT2D eigenvalue weighted by Gasteiger charge is -2.10. The number of rotatable bonds is 5. The predicted molar refractivity (Wildman–Crippen MR) is 72.2 cm³/mol. The molecule has 0 aliphatic rings. The van der Waals surface area contributed by atoms with Gasteiger partial charge >= 0.3 is 0 Å². The van der Waals surface area contributed by atoms with Crippen molar-refractivity contribution in [3.63, 3.8) is 0 Å². The normalized spacial score (nSPS) is 10.6. The molecule has 0 radical (unpaired) electrons. The summed E-state index contributed by atoms with van der Waals surface area (Å²) in [6, 6.07) is 8.02. The van der Waals surface area contributed by atoms with Gasteiger partial charge in [0.05, 0.1) is 6.61 Å². The SMILES string of the molecule is CCCCOc1c(F)cc(-c2ccccc2F)cc1F. The highest BCUT2D eigenvalue weighted by Gasteiger charge is 2.15. The quantitative estimate of drug-likeness (QED) is 0.704. The Bertz CT molecular complexity index is 573. The van der Waals surface area contributed by atoms with Gasteiger partial charge in [0.2, 0.25) is 0 Å². The van der Waals surface area contributed by atoms with Crippen LogP contribution in [0.4, 0.5) is 13.2 Å². The van der Waals surface area contributed by atoms with E-state index in [2.05, 4.69) is 0 Å². The Hall–Kier alpha value is -1.97. The summed E-state index contributed by atoms with van der Waals surface area (Å²) in [6.07, 6.45) is 1.59. The molecular formula is C16H15F3O. The molecule has 0 N–H and O–H groups in total. The second-order valence-corrected chi connectivity index (χ2v) is 4.45. The molecular weight excluding hydrogens is 265 g/mol. The van der Waals surface area contributed by atoms with Crippen LogP contribution in [0.15, 0.2) is 36.4 Å². The summed E-state index contributed by atoms with van der Waals surface area (Å²) in [4.78, 5) is 0. The molecule has 0 unspecified atom stereocenters. The molecule has 0 aromatic heterocycles. The minimum Gasteiger partial charge on any atom is -0.488 e. The fourth-order valence-electron chi connectivity index (χ4n) is 1.87. The van der Waals surface area contributed by atoms with Crippen LogP contribution in [-0.4, -0.2) is 6.61 Å². The van der Waals surface area contributed by atoms with Crippen molar-refractivity contribution in [1.29, 1.82) is 0 Å². The van der Waals surface area contributed by atoms with Gasteiger partial charge < -0.3 is 4.74 Å². The van der Waals surface area contributed by atoms with Crippen molar-refractivity contribution >= 4 is 0 Å². The van der Waals surface area contributed by atoms with Crippen molar-refractivity contribution < 1.29 is 17.9 Å². The lowest BCUT2D eigenvalue weighted by Crippen LogP contribution is -2.01. The van der Waals surface area contributed by atoms with E-state index in [1.54, 1.807) is 6.07 Å². The Kier molecular flexibility index (Phi) is 4.66. The van der Waals surface area contributed by atoms with Crippen molar-refractivity contribution in [2.75, 3.05) is 6.61 Å². The van der Waals surface area contributed by atoms with Crippen LogP contribution in [0, 0.1) is 17.5 Å². The van der Waals surface area contributed by atoms with E-state index in [1.165, 1.54) is 18.2 Å². The molecule has 0 bridgehead atoms. The van der Waals surface area contributed by atoms with E-state index in [9.17, 15) is 13.2 Å². The summed E-state index contributed by atoms with van der Waals surface area (Å²) in [7, 11) is 0. The zero-order valence-electron chi connectivity index (χ0n) is 11.1. The molecule has 0 aliphatic heterocycles. The number of halogens is 3. The van der Waals surface area contributed by atoms with Crippen LogP contribution in [-0.2, 0) is 0 Å². The first-order chi connectivity index (χ1) is 9.63. The van der Waals surface area contributed by atoms with Crippen molar-refractivity contribution in [1.82, 2.24) is 0 Å². The third-order valence-electron chi connectivity index (χ3n) is 2.93. The molecule has 0 spiro atoms. The van der Waals surface area contributed by atoms with Crippen LogP contribution in [0.1, 0.15) is 19.8 Å². The van der Waals surface area contributed by atoms with Crippen molar-refractivity contribution in [2.45, 2.75) is 19.8 Å². The highest BCUT2D eigenvalue weighted by Crippen LogP contribution is 2.30. The number of ether oxygens (including phenoxy) is 1. The van der Waals surface area contributed by atoms with Gasteiger partial charge in [-0.25, -0.2) is 13.2 Å². The highest BCUT2D eigenvalue weighted by molar-refractivity contribution is 5.65. The van der Waals surface area contributed by atoms with E-state index >= 15 is 0 Å².